The van der Waals surface area contributed by atoms with Gasteiger partial charge in [0.2, 0.25) is 11.8 Å². The van der Waals surface area contributed by atoms with E-state index in [2.05, 4.69) is 16.0 Å². The number of hydrogen-bond acceptors (Lipinski definition) is 3. The van der Waals surface area contributed by atoms with E-state index in [1.807, 2.05) is 0 Å². The van der Waals surface area contributed by atoms with Crippen molar-refractivity contribution in [1.82, 2.24) is 5.32 Å². The van der Waals surface area contributed by atoms with Crippen LogP contribution in [0.15, 0.2) is 42.5 Å². The van der Waals surface area contributed by atoms with Gasteiger partial charge < -0.3 is 16.0 Å². The number of carbonyl (C=O) groups excluding carboxylic acids is 3. The molecule has 2 aromatic carbocycles. The second kappa shape index (κ2) is 9.07. The zero-order valence-electron chi connectivity index (χ0n) is 17.2. The molecule has 0 atom stereocenters. The van der Waals surface area contributed by atoms with Gasteiger partial charge in [0.05, 0.1) is 0 Å². The minimum Gasteiger partial charge on any atom is -0.351 e. The van der Waals surface area contributed by atoms with Crippen molar-refractivity contribution in [2.45, 2.75) is 44.9 Å². The van der Waals surface area contributed by atoms with Gasteiger partial charge in [-0.1, -0.05) is 25.0 Å². The fraction of sp³-hybridized carbons (Fsp3) is 0.348. The van der Waals surface area contributed by atoms with Gasteiger partial charge in [-0.15, -0.1) is 0 Å². The molecule has 1 fully saturated rings. The lowest BCUT2D eigenvalue weighted by molar-refractivity contribution is -0.115. The zero-order valence-corrected chi connectivity index (χ0v) is 17.2. The van der Waals surface area contributed by atoms with E-state index in [-0.39, 0.29) is 29.0 Å². The van der Waals surface area contributed by atoms with Crippen LogP contribution in [0.3, 0.4) is 0 Å². The molecule has 0 aromatic heterocycles. The molecule has 0 saturated heterocycles. The third kappa shape index (κ3) is 5.23. The molecule has 0 spiro atoms. The van der Waals surface area contributed by atoms with Crippen LogP contribution < -0.4 is 16.0 Å². The van der Waals surface area contributed by atoms with E-state index in [9.17, 15) is 18.8 Å². The lowest BCUT2D eigenvalue weighted by Crippen LogP contribution is -2.39. The number of halogens is 1. The first-order chi connectivity index (χ1) is 14.3. The third-order valence-electron chi connectivity index (χ3n) is 5.44. The van der Waals surface area contributed by atoms with E-state index in [4.69, 9.17) is 0 Å². The van der Waals surface area contributed by atoms with Crippen LogP contribution in [-0.2, 0) is 15.0 Å². The van der Waals surface area contributed by atoms with Crippen molar-refractivity contribution in [3.63, 3.8) is 0 Å². The highest BCUT2D eigenvalue weighted by Crippen LogP contribution is 2.40. The summed E-state index contributed by atoms with van der Waals surface area (Å²) in [7, 11) is 0. The molecule has 3 N–H and O–H groups in total. The molecule has 7 heteroatoms. The maximum atomic E-state index is 13.4. The fourth-order valence-electron chi connectivity index (χ4n) is 4.08. The Labute approximate surface area is 175 Å². The standard InChI is InChI=1S/C23H26FN3O3/c1-15(28)26-20-11-17(12-21(13-20)27-16(2)29)22(30)25-14-23(9-3-4-10-23)18-5-7-19(24)8-6-18/h5-8,11-13H,3-4,9-10,14H2,1-2H3,(H,25,30)(H,26,28)(H,27,29). The molecule has 3 rings (SSSR count). The predicted octanol–water partition coefficient (Wildman–Crippen LogP) is 3.98. The van der Waals surface area contributed by atoms with Gasteiger partial charge in [0.1, 0.15) is 5.82 Å². The summed E-state index contributed by atoms with van der Waals surface area (Å²) in [5.74, 6) is -1.14. The maximum Gasteiger partial charge on any atom is 0.251 e. The van der Waals surface area contributed by atoms with Gasteiger partial charge in [-0.25, -0.2) is 4.39 Å². The van der Waals surface area contributed by atoms with E-state index in [0.717, 1.165) is 31.2 Å². The van der Waals surface area contributed by atoms with Crippen molar-refractivity contribution in [3.05, 3.63) is 59.4 Å². The first kappa shape index (κ1) is 21.5. The van der Waals surface area contributed by atoms with Gasteiger partial charge in [-0.05, 0) is 48.7 Å². The number of anilines is 2. The Morgan fingerprint density at radius 1 is 0.900 bits per heavy atom. The molecule has 30 heavy (non-hydrogen) atoms. The molecule has 6 nitrogen and oxygen atoms in total. The second-order valence-electron chi connectivity index (χ2n) is 7.84. The van der Waals surface area contributed by atoms with Crippen molar-refractivity contribution in [2.75, 3.05) is 17.2 Å². The highest BCUT2D eigenvalue weighted by atomic mass is 19.1. The van der Waals surface area contributed by atoms with Crippen LogP contribution in [0.1, 0.15) is 55.5 Å². The molecular weight excluding hydrogens is 385 g/mol. The molecule has 1 aliphatic rings. The lowest BCUT2D eigenvalue weighted by atomic mass is 9.78. The Hall–Kier alpha value is -3.22. The summed E-state index contributed by atoms with van der Waals surface area (Å²) in [5.41, 5.74) is 1.98. The maximum absolute atomic E-state index is 13.4. The molecular formula is C23H26FN3O3. The summed E-state index contributed by atoms with van der Waals surface area (Å²) >= 11 is 0. The van der Waals surface area contributed by atoms with Crippen LogP contribution in [0.25, 0.3) is 0 Å². The lowest BCUT2D eigenvalue weighted by Gasteiger charge is -2.30. The van der Waals surface area contributed by atoms with Gasteiger partial charge in [-0.2, -0.15) is 0 Å². The molecule has 158 valence electrons. The third-order valence-corrected chi connectivity index (χ3v) is 5.44. The predicted molar refractivity (Wildman–Crippen MR) is 114 cm³/mol. The van der Waals surface area contributed by atoms with Crippen molar-refractivity contribution in [2.24, 2.45) is 0 Å². The number of carbonyl (C=O) groups is 3. The Kier molecular flexibility index (Phi) is 6.50. The Bertz CT molecular complexity index is 916. The summed E-state index contributed by atoms with van der Waals surface area (Å²) < 4.78 is 13.4. The summed E-state index contributed by atoms with van der Waals surface area (Å²) in [6.45, 7) is 3.17. The van der Waals surface area contributed by atoms with Crippen LogP contribution in [0.2, 0.25) is 0 Å². The topological polar surface area (TPSA) is 87.3 Å². The van der Waals surface area contributed by atoms with Crippen LogP contribution in [-0.4, -0.2) is 24.3 Å². The highest BCUT2D eigenvalue weighted by Gasteiger charge is 2.36. The summed E-state index contributed by atoms with van der Waals surface area (Å²) in [5, 5.41) is 8.29. The van der Waals surface area contributed by atoms with E-state index < -0.39 is 0 Å². The molecule has 2 aromatic rings. The fourth-order valence-corrected chi connectivity index (χ4v) is 4.08. The first-order valence-corrected chi connectivity index (χ1v) is 10.0. The van der Waals surface area contributed by atoms with Gasteiger partial charge >= 0.3 is 0 Å². The normalized spacial score (nSPS) is 14.8. The quantitative estimate of drug-likeness (QED) is 0.672. The van der Waals surface area contributed by atoms with Gasteiger partial charge in [0.25, 0.3) is 5.91 Å². The summed E-state index contributed by atoms with van der Waals surface area (Å²) in [4.78, 5) is 35.8. The minimum absolute atomic E-state index is 0.223. The van der Waals surface area contributed by atoms with Gasteiger partial charge in [-0.3, -0.25) is 14.4 Å². The molecule has 0 aliphatic heterocycles. The van der Waals surface area contributed by atoms with Crippen LogP contribution in [0, 0.1) is 5.82 Å². The van der Waals surface area contributed by atoms with E-state index in [1.54, 1.807) is 30.3 Å². The number of hydrogen-bond donors (Lipinski definition) is 3. The van der Waals surface area contributed by atoms with Crippen LogP contribution in [0.4, 0.5) is 15.8 Å². The van der Waals surface area contributed by atoms with E-state index in [0.29, 0.717) is 23.5 Å². The average molecular weight is 411 g/mol. The van der Waals surface area contributed by atoms with Crippen molar-refractivity contribution in [3.8, 4) is 0 Å². The monoisotopic (exact) mass is 411 g/mol. The molecule has 3 amide bonds. The van der Waals surface area contributed by atoms with Crippen LogP contribution >= 0.6 is 0 Å². The van der Waals surface area contributed by atoms with Crippen molar-refractivity contribution >= 4 is 29.1 Å². The molecule has 1 aliphatic carbocycles. The average Bonchev–Trinajstić information content (AvgIpc) is 3.15. The Balaban J connectivity index is 1.80. The second-order valence-corrected chi connectivity index (χ2v) is 7.84. The molecule has 0 unspecified atom stereocenters. The highest BCUT2D eigenvalue weighted by molar-refractivity contribution is 6.00. The number of rotatable bonds is 6. The summed E-state index contributed by atoms with van der Waals surface area (Å²) in [6.07, 6.45) is 3.94. The summed E-state index contributed by atoms with van der Waals surface area (Å²) in [6, 6.07) is 11.2. The van der Waals surface area contributed by atoms with Crippen molar-refractivity contribution < 1.29 is 18.8 Å². The van der Waals surface area contributed by atoms with Crippen molar-refractivity contribution in [1.29, 1.82) is 0 Å². The number of benzene rings is 2. The Morgan fingerprint density at radius 2 is 1.43 bits per heavy atom. The van der Waals surface area contributed by atoms with Gasteiger partial charge in [0, 0.05) is 42.7 Å². The molecule has 0 radical (unpaired) electrons. The van der Waals surface area contributed by atoms with Gasteiger partial charge in [0.15, 0.2) is 0 Å². The molecule has 0 heterocycles. The van der Waals surface area contributed by atoms with E-state index >= 15 is 0 Å². The number of nitrogens with one attached hydrogen (secondary N) is 3. The number of amides is 3. The largest absolute Gasteiger partial charge is 0.351 e. The SMILES string of the molecule is CC(=O)Nc1cc(NC(C)=O)cc(C(=O)NCC2(c3ccc(F)cc3)CCCC2)c1. The molecule has 1 saturated carbocycles. The van der Waals surface area contributed by atoms with Crippen LogP contribution in [0.5, 0.6) is 0 Å². The molecule has 0 bridgehead atoms. The van der Waals surface area contributed by atoms with E-state index in [1.165, 1.54) is 26.0 Å². The Morgan fingerprint density at radius 3 is 1.93 bits per heavy atom. The smallest absolute Gasteiger partial charge is 0.251 e. The first-order valence-electron chi connectivity index (χ1n) is 10.0. The zero-order chi connectivity index (χ0) is 21.7. The minimum atomic E-state index is -0.304.